The lowest BCUT2D eigenvalue weighted by molar-refractivity contribution is -0.120. The number of rotatable bonds is 10. The molecule has 40 heavy (non-hydrogen) atoms. The smallest absolute Gasteiger partial charge is 0.343 e. The number of hydrazone groups is 1. The zero-order chi connectivity index (χ0) is 28.6. The van der Waals surface area contributed by atoms with Crippen LogP contribution < -0.4 is 29.1 Å². The summed E-state index contributed by atoms with van der Waals surface area (Å²) < 4.78 is 27.9. The van der Waals surface area contributed by atoms with E-state index in [1.54, 1.807) is 18.2 Å². The van der Waals surface area contributed by atoms with Crippen molar-refractivity contribution in [2.45, 2.75) is 6.42 Å². The minimum Gasteiger partial charge on any atom is -0.493 e. The van der Waals surface area contributed by atoms with Crippen molar-refractivity contribution in [2.24, 2.45) is 5.10 Å². The fraction of sp³-hybridized carbons (Fsp3) is 0.167. The molecule has 4 aromatic rings. The molecule has 1 amide bonds. The molecule has 0 saturated heterocycles. The van der Waals surface area contributed by atoms with Crippen molar-refractivity contribution < 1.29 is 33.3 Å². The second kappa shape index (κ2) is 13.0. The van der Waals surface area contributed by atoms with Crippen LogP contribution >= 0.6 is 15.9 Å². The number of carbonyl (C=O) groups excluding carboxylic acids is 2. The maximum atomic E-state index is 12.9. The highest BCUT2D eigenvalue weighted by Crippen LogP contribution is 2.39. The molecule has 4 rings (SSSR count). The monoisotopic (exact) mass is 606 g/mol. The van der Waals surface area contributed by atoms with Crippen molar-refractivity contribution in [3.8, 4) is 28.7 Å². The van der Waals surface area contributed by atoms with Gasteiger partial charge >= 0.3 is 5.97 Å². The standard InChI is InChI=1S/C30H27BrN2O7/c1-36-25-13-18(17-32-33-28(34)16-19-10-11-23(31)22-8-6-5-7-21(19)22)9-12-24(25)40-30(35)20-14-26(37-2)29(39-4)27(15-20)38-3/h5-15,17H,16H2,1-4H3,(H,33,34)/b32-17+. The summed E-state index contributed by atoms with van der Waals surface area (Å²) in [5.74, 6) is 0.602. The Morgan fingerprint density at radius 3 is 2.12 bits per heavy atom. The quantitative estimate of drug-likeness (QED) is 0.109. The molecule has 9 nitrogen and oxygen atoms in total. The van der Waals surface area contributed by atoms with E-state index in [-0.39, 0.29) is 23.6 Å². The molecule has 0 spiro atoms. The molecular formula is C30H27BrN2O7. The molecule has 206 valence electrons. The van der Waals surface area contributed by atoms with E-state index in [1.807, 2.05) is 36.4 Å². The molecule has 0 aliphatic heterocycles. The van der Waals surface area contributed by atoms with Crippen molar-refractivity contribution in [2.75, 3.05) is 28.4 Å². The number of fused-ring (bicyclic) bond motifs is 1. The summed E-state index contributed by atoms with van der Waals surface area (Å²) in [6.07, 6.45) is 1.65. The molecule has 0 radical (unpaired) electrons. The molecule has 10 heteroatoms. The molecule has 4 aromatic carbocycles. The van der Waals surface area contributed by atoms with Crippen LogP contribution in [0.3, 0.4) is 0 Å². The van der Waals surface area contributed by atoms with Crippen LogP contribution in [0.25, 0.3) is 10.8 Å². The molecule has 0 aliphatic carbocycles. The first-order chi connectivity index (χ1) is 19.4. The number of methoxy groups -OCH3 is 4. The van der Waals surface area contributed by atoms with Crippen LogP contribution in [-0.2, 0) is 11.2 Å². The van der Waals surface area contributed by atoms with Gasteiger partial charge in [0, 0.05) is 4.47 Å². The Hall–Kier alpha value is -4.57. The second-order valence-corrected chi connectivity index (χ2v) is 9.29. The van der Waals surface area contributed by atoms with E-state index < -0.39 is 5.97 Å². The lowest BCUT2D eigenvalue weighted by atomic mass is 10.0. The number of benzene rings is 4. The van der Waals surface area contributed by atoms with Crippen molar-refractivity contribution >= 4 is 44.8 Å². The van der Waals surface area contributed by atoms with Crippen LogP contribution in [0.2, 0.25) is 0 Å². The third-order valence-corrected chi connectivity index (χ3v) is 6.70. The molecule has 0 atom stereocenters. The van der Waals surface area contributed by atoms with Gasteiger partial charge in [0.05, 0.1) is 46.6 Å². The Balaban J connectivity index is 1.44. The molecule has 1 N–H and O–H groups in total. The van der Waals surface area contributed by atoms with Crippen molar-refractivity contribution in [3.05, 3.63) is 87.9 Å². The van der Waals surface area contributed by atoms with Crippen LogP contribution in [0.4, 0.5) is 0 Å². The Morgan fingerprint density at radius 2 is 1.48 bits per heavy atom. The lowest BCUT2D eigenvalue weighted by Gasteiger charge is -2.14. The highest BCUT2D eigenvalue weighted by atomic mass is 79.9. The van der Waals surface area contributed by atoms with Crippen LogP contribution in [0.15, 0.2) is 76.3 Å². The largest absolute Gasteiger partial charge is 0.493 e. The van der Waals surface area contributed by atoms with Gasteiger partial charge in [0.1, 0.15) is 0 Å². The predicted octanol–water partition coefficient (Wildman–Crippen LogP) is 5.55. The molecule has 0 heterocycles. The van der Waals surface area contributed by atoms with E-state index in [2.05, 4.69) is 26.5 Å². The Labute approximate surface area is 239 Å². The first-order valence-corrected chi connectivity index (χ1v) is 12.9. The van der Waals surface area contributed by atoms with Gasteiger partial charge in [-0.3, -0.25) is 4.79 Å². The van der Waals surface area contributed by atoms with Crippen LogP contribution in [0.1, 0.15) is 21.5 Å². The van der Waals surface area contributed by atoms with Gasteiger partial charge in [0.25, 0.3) is 0 Å². The van der Waals surface area contributed by atoms with Crippen molar-refractivity contribution in [3.63, 3.8) is 0 Å². The summed E-state index contributed by atoms with van der Waals surface area (Å²) in [6.45, 7) is 0. The van der Waals surface area contributed by atoms with E-state index in [0.29, 0.717) is 28.6 Å². The summed E-state index contributed by atoms with van der Waals surface area (Å²) in [4.78, 5) is 25.4. The topological polar surface area (TPSA) is 105 Å². The van der Waals surface area contributed by atoms with Crippen LogP contribution in [-0.4, -0.2) is 46.5 Å². The van der Waals surface area contributed by atoms with Gasteiger partial charge in [-0.25, -0.2) is 10.2 Å². The van der Waals surface area contributed by atoms with E-state index in [0.717, 1.165) is 20.8 Å². The molecule has 0 saturated carbocycles. The maximum absolute atomic E-state index is 12.9. The van der Waals surface area contributed by atoms with Gasteiger partial charge in [-0.15, -0.1) is 0 Å². The maximum Gasteiger partial charge on any atom is 0.343 e. The minimum absolute atomic E-state index is 0.171. The van der Waals surface area contributed by atoms with E-state index in [4.69, 9.17) is 23.7 Å². The highest BCUT2D eigenvalue weighted by Gasteiger charge is 2.19. The number of ether oxygens (including phenoxy) is 5. The molecular weight excluding hydrogens is 580 g/mol. The number of hydrogen-bond donors (Lipinski definition) is 1. The number of nitrogens with one attached hydrogen (secondary N) is 1. The first-order valence-electron chi connectivity index (χ1n) is 12.1. The molecule has 0 aliphatic rings. The van der Waals surface area contributed by atoms with Crippen molar-refractivity contribution in [1.82, 2.24) is 5.43 Å². The SMILES string of the molecule is COc1cc(/C=N/NC(=O)Cc2ccc(Br)c3ccccc23)ccc1OC(=O)c1cc(OC)c(OC)c(OC)c1. The van der Waals surface area contributed by atoms with Gasteiger partial charge < -0.3 is 23.7 Å². The summed E-state index contributed by atoms with van der Waals surface area (Å²) in [6, 6.07) is 19.6. The lowest BCUT2D eigenvalue weighted by Crippen LogP contribution is -2.20. The average Bonchev–Trinajstić information content (AvgIpc) is 2.98. The zero-order valence-corrected chi connectivity index (χ0v) is 23.9. The van der Waals surface area contributed by atoms with Gasteiger partial charge in [-0.1, -0.05) is 46.3 Å². The summed E-state index contributed by atoms with van der Waals surface area (Å²) in [7, 11) is 5.85. The zero-order valence-electron chi connectivity index (χ0n) is 22.3. The fourth-order valence-corrected chi connectivity index (χ4v) is 4.55. The highest BCUT2D eigenvalue weighted by molar-refractivity contribution is 9.10. The fourth-order valence-electron chi connectivity index (χ4n) is 4.08. The third-order valence-electron chi connectivity index (χ3n) is 6.01. The molecule has 0 aromatic heterocycles. The number of hydrogen-bond acceptors (Lipinski definition) is 8. The van der Waals surface area contributed by atoms with Crippen LogP contribution in [0, 0.1) is 0 Å². The average molecular weight is 607 g/mol. The summed E-state index contributed by atoms with van der Waals surface area (Å²) in [5.41, 5.74) is 4.27. The van der Waals surface area contributed by atoms with Gasteiger partial charge in [-0.05, 0) is 58.3 Å². The number of nitrogens with zero attached hydrogens (tertiary/aromatic N) is 1. The van der Waals surface area contributed by atoms with Crippen LogP contribution in [0.5, 0.6) is 28.7 Å². The first kappa shape index (κ1) is 28.4. The molecule has 0 bridgehead atoms. The molecule has 0 fully saturated rings. The van der Waals surface area contributed by atoms with E-state index in [1.165, 1.54) is 46.8 Å². The van der Waals surface area contributed by atoms with Gasteiger partial charge in [0.2, 0.25) is 11.7 Å². The third kappa shape index (κ3) is 6.35. The van der Waals surface area contributed by atoms with Crippen molar-refractivity contribution in [1.29, 1.82) is 0 Å². The molecule has 0 unspecified atom stereocenters. The minimum atomic E-state index is -0.647. The predicted molar refractivity (Wildman–Crippen MR) is 155 cm³/mol. The Morgan fingerprint density at radius 1 is 0.800 bits per heavy atom. The number of carbonyl (C=O) groups is 2. The van der Waals surface area contributed by atoms with E-state index >= 15 is 0 Å². The summed E-state index contributed by atoms with van der Waals surface area (Å²) in [5, 5.41) is 6.10. The van der Waals surface area contributed by atoms with E-state index in [9.17, 15) is 9.59 Å². The summed E-state index contributed by atoms with van der Waals surface area (Å²) >= 11 is 3.55. The number of esters is 1. The number of halogens is 1. The van der Waals surface area contributed by atoms with Gasteiger partial charge in [-0.2, -0.15) is 5.10 Å². The Kier molecular flexibility index (Phi) is 9.23. The van der Waals surface area contributed by atoms with Gasteiger partial charge in [0.15, 0.2) is 23.0 Å². The normalized spacial score (nSPS) is 10.8. The number of amides is 1. The Bertz CT molecular complexity index is 1560. The second-order valence-electron chi connectivity index (χ2n) is 8.44.